The Labute approximate surface area is 159 Å². The van der Waals surface area contributed by atoms with Crippen LogP contribution in [-0.2, 0) is 16.0 Å². The van der Waals surface area contributed by atoms with Crippen molar-refractivity contribution in [2.75, 3.05) is 6.54 Å². The molecular weight excluding hydrogens is 373 g/mol. The second-order valence-electron chi connectivity index (χ2n) is 7.22. The van der Waals surface area contributed by atoms with Crippen molar-refractivity contribution >= 4 is 22.7 Å². The molecule has 1 aromatic heterocycles. The predicted molar refractivity (Wildman–Crippen MR) is 95.5 cm³/mol. The van der Waals surface area contributed by atoms with Gasteiger partial charge in [-0.05, 0) is 49.9 Å². The van der Waals surface area contributed by atoms with Gasteiger partial charge < -0.3 is 9.72 Å². The molecule has 2 aliphatic rings. The Bertz CT molecular complexity index is 951. The largest absolute Gasteiger partial charge is 0.573 e. The topological polar surface area (TPSA) is 62.4 Å². The highest BCUT2D eigenvalue weighted by atomic mass is 19.4. The number of carbonyl (C=O) groups is 2. The molecule has 2 atom stereocenters. The van der Waals surface area contributed by atoms with Crippen LogP contribution in [0.25, 0.3) is 10.9 Å². The van der Waals surface area contributed by atoms with Crippen molar-refractivity contribution in [3.8, 4) is 5.75 Å². The van der Waals surface area contributed by atoms with Crippen LogP contribution in [0.3, 0.4) is 0 Å². The number of hydrogen-bond donors (Lipinski definition) is 1. The number of likely N-dealkylation sites (tertiary alicyclic amines) is 1. The van der Waals surface area contributed by atoms with E-state index in [1.165, 1.54) is 23.1 Å². The van der Waals surface area contributed by atoms with Crippen LogP contribution >= 0.6 is 0 Å². The molecule has 2 heterocycles. The predicted octanol–water partition coefficient (Wildman–Crippen LogP) is 3.87. The van der Waals surface area contributed by atoms with Crippen LogP contribution in [-0.4, -0.2) is 34.6 Å². The minimum Gasteiger partial charge on any atom is -0.406 e. The molecule has 0 radical (unpaired) electrons. The van der Waals surface area contributed by atoms with Gasteiger partial charge in [-0.15, -0.1) is 13.2 Å². The number of aryl methyl sites for hydroxylation is 1. The van der Waals surface area contributed by atoms with Crippen LogP contribution in [0, 0.1) is 18.8 Å². The lowest BCUT2D eigenvalue weighted by Gasteiger charge is -2.15. The number of halogens is 3. The third-order valence-electron chi connectivity index (χ3n) is 5.51. The van der Waals surface area contributed by atoms with Crippen LogP contribution in [0.2, 0.25) is 0 Å². The summed E-state index contributed by atoms with van der Waals surface area (Å²) in [5, 5.41) is 0.595. The number of H-pyrrole nitrogens is 1. The molecule has 28 heavy (non-hydrogen) atoms. The van der Waals surface area contributed by atoms with Crippen LogP contribution in [0.4, 0.5) is 13.2 Å². The van der Waals surface area contributed by atoms with E-state index in [9.17, 15) is 22.8 Å². The van der Waals surface area contributed by atoms with Gasteiger partial charge in [-0.1, -0.05) is 12.2 Å². The van der Waals surface area contributed by atoms with Crippen LogP contribution in [0.15, 0.2) is 30.4 Å². The Morgan fingerprint density at radius 2 is 1.79 bits per heavy atom. The minimum absolute atomic E-state index is 0.155. The van der Waals surface area contributed by atoms with Crippen molar-refractivity contribution in [3.63, 3.8) is 0 Å². The van der Waals surface area contributed by atoms with Gasteiger partial charge in [0.25, 0.3) is 0 Å². The molecule has 8 heteroatoms. The number of aromatic amines is 1. The third-order valence-corrected chi connectivity index (χ3v) is 5.51. The summed E-state index contributed by atoms with van der Waals surface area (Å²) in [5.41, 5.74) is 2.24. The molecule has 1 fully saturated rings. The van der Waals surface area contributed by atoms with Crippen molar-refractivity contribution in [2.45, 2.75) is 32.5 Å². The average molecular weight is 392 g/mol. The van der Waals surface area contributed by atoms with E-state index in [0.717, 1.165) is 11.3 Å². The fraction of sp³-hybridized carbons (Fsp3) is 0.400. The lowest BCUT2D eigenvalue weighted by atomic mass is 9.85. The van der Waals surface area contributed by atoms with Gasteiger partial charge in [0.1, 0.15) is 5.75 Å². The Morgan fingerprint density at radius 3 is 2.39 bits per heavy atom. The molecule has 4 rings (SSSR count). The second-order valence-corrected chi connectivity index (χ2v) is 7.22. The Hall–Kier alpha value is -2.77. The molecule has 5 nitrogen and oxygen atoms in total. The SMILES string of the molecule is Cc1[nH]c2ccc(OC(F)(F)F)cc2c1CCN1C(=O)C2CC=CCC2C1=O. The minimum atomic E-state index is -4.77. The molecule has 1 aliphatic carbocycles. The number of imide groups is 1. The van der Waals surface area contributed by atoms with Gasteiger partial charge in [0.15, 0.2) is 0 Å². The second kappa shape index (κ2) is 6.68. The first kappa shape index (κ1) is 18.6. The maximum atomic E-state index is 12.6. The summed E-state index contributed by atoms with van der Waals surface area (Å²) in [6.07, 6.45) is 0.624. The number of nitrogens with zero attached hydrogens (tertiary/aromatic N) is 1. The quantitative estimate of drug-likeness (QED) is 0.635. The van der Waals surface area contributed by atoms with Gasteiger partial charge in [0.2, 0.25) is 11.8 Å². The van der Waals surface area contributed by atoms with Crippen molar-refractivity contribution < 1.29 is 27.5 Å². The Kier molecular flexibility index (Phi) is 4.44. The number of allylic oxidation sites excluding steroid dienone is 2. The summed E-state index contributed by atoms with van der Waals surface area (Å²) in [7, 11) is 0. The smallest absolute Gasteiger partial charge is 0.406 e. The number of rotatable bonds is 4. The highest BCUT2D eigenvalue weighted by Gasteiger charge is 2.46. The molecule has 2 aromatic rings. The zero-order valence-electron chi connectivity index (χ0n) is 15.2. The van der Waals surface area contributed by atoms with E-state index in [1.807, 2.05) is 19.1 Å². The number of ether oxygens (including phenoxy) is 1. The first-order chi connectivity index (χ1) is 13.2. The fourth-order valence-electron chi connectivity index (χ4n) is 4.19. The molecule has 2 unspecified atom stereocenters. The van der Waals surface area contributed by atoms with Crippen molar-refractivity contribution in [1.29, 1.82) is 0 Å². The highest BCUT2D eigenvalue weighted by molar-refractivity contribution is 6.05. The molecule has 2 amide bonds. The Balaban J connectivity index is 1.56. The summed E-state index contributed by atoms with van der Waals surface area (Å²) in [6, 6.07) is 4.11. The average Bonchev–Trinajstić information content (AvgIpc) is 3.06. The van der Waals surface area contributed by atoms with Crippen LogP contribution in [0.5, 0.6) is 5.75 Å². The van der Waals surface area contributed by atoms with Crippen LogP contribution in [0.1, 0.15) is 24.1 Å². The number of benzene rings is 1. The maximum Gasteiger partial charge on any atom is 0.573 e. The number of hydrogen-bond acceptors (Lipinski definition) is 3. The van der Waals surface area contributed by atoms with Gasteiger partial charge in [0, 0.05) is 23.1 Å². The molecule has 0 saturated carbocycles. The molecular formula is C20H19F3N2O3. The number of alkyl halides is 3. The molecule has 1 aromatic carbocycles. The first-order valence-electron chi connectivity index (χ1n) is 9.12. The third kappa shape index (κ3) is 3.27. The monoisotopic (exact) mass is 392 g/mol. The van der Waals surface area contributed by atoms with E-state index in [0.29, 0.717) is 30.2 Å². The number of aromatic nitrogens is 1. The van der Waals surface area contributed by atoms with Gasteiger partial charge in [0.05, 0.1) is 11.8 Å². The van der Waals surface area contributed by atoms with E-state index in [2.05, 4.69) is 9.72 Å². The summed E-state index contributed by atoms with van der Waals surface area (Å²) in [6.45, 7) is 2.03. The molecule has 1 N–H and O–H groups in total. The van der Waals surface area contributed by atoms with Crippen molar-refractivity contribution in [1.82, 2.24) is 9.88 Å². The van der Waals surface area contributed by atoms with Gasteiger partial charge >= 0.3 is 6.36 Å². The number of nitrogens with one attached hydrogen (secondary N) is 1. The van der Waals surface area contributed by atoms with Crippen LogP contribution < -0.4 is 4.74 Å². The molecule has 0 spiro atoms. The summed E-state index contributed by atoms with van der Waals surface area (Å²) in [5.74, 6) is -1.18. The highest BCUT2D eigenvalue weighted by Crippen LogP contribution is 2.36. The molecule has 1 saturated heterocycles. The fourth-order valence-corrected chi connectivity index (χ4v) is 4.19. The first-order valence-corrected chi connectivity index (χ1v) is 9.12. The Morgan fingerprint density at radius 1 is 1.14 bits per heavy atom. The van der Waals surface area contributed by atoms with Gasteiger partial charge in [-0.25, -0.2) is 0 Å². The molecule has 1 aliphatic heterocycles. The van der Waals surface area contributed by atoms with Crippen molar-refractivity contribution in [3.05, 3.63) is 41.6 Å². The maximum absolute atomic E-state index is 12.6. The normalized spacial score (nSPS) is 22.2. The molecule has 148 valence electrons. The zero-order chi connectivity index (χ0) is 20.1. The van der Waals surface area contributed by atoms with Gasteiger partial charge in [-0.3, -0.25) is 14.5 Å². The van der Waals surface area contributed by atoms with E-state index in [4.69, 9.17) is 0 Å². The summed E-state index contributed by atoms with van der Waals surface area (Å²) in [4.78, 5) is 29.6. The molecule has 0 bridgehead atoms. The number of fused-ring (bicyclic) bond motifs is 2. The van der Waals surface area contributed by atoms with E-state index in [-0.39, 0.29) is 35.9 Å². The lowest BCUT2D eigenvalue weighted by molar-refractivity contribution is -0.274. The summed E-state index contributed by atoms with van der Waals surface area (Å²) >= 11 is 0. The summed E-state index contributed by atoms with van der Waals surface area (Å²) < 4.78 is 41.6. The zero-order valence-corrected chi connectivity index (χ0v) is 15.2. The van der Waals surface area contributed by atoms with E-state index < -0.39 is 6.36 Å². The standard InChI is InChI=1S/C20H19F3N2O3/c1-11-13(16-10-12(28-20(21,22)23)6-7-17(16)24-11)8-9-25-18(26)14-4-2-3-5-15(14)19(25)27/h2-3,6-7,10,14-15,24H,4-5,8-9H2,1H3. The number of carbonyl (C=O) groups excluding carboxylic acids is 2. The lowest BCUT2D eigenvalue weighted by Crippen LogP contribution is -2.33. The number of amides is 2. The van der Waals surface area contributed by atoms with E-state index >= 15 is 0 Å². The van der Waals surface area contributed by atoms with E-state index in [1.54, 1.807) is 0 Å². The van der Waals surface area contributed by atoms with Crippen molar-refractivity contribution in [2.24, 2.45) is 11.8 Å². The van der Waals surface area contributed by atoms with Gasteiger partial charge in [-0.2, -0.15) is 0 Å².